The molecule has 0 spiro atoms. The van der Waals surface area contributed by atoms with Gasteiger partial charge >= 0.3 is 17.9 Å². The smallest absolute Gasteiger partial charge is 0.306 e. The van der Waals surface area contributed by atoms with Crippen molar-refractivity contribution in [3.05, 3.63) is 122 Å². The number of carbonyl (C=O) groups is 3. The van der Waals surface area contributed by atoms with E-state index in [0.717, 1.165) is 161 Å². The summed E-state index contributed by atoms with van der Waals surface area (Å²) in [6, 6.07) is 0. The lowest BCUT2D eigenvalue weighted by atomic mass is 10.1. The van der Waals surface area contributed by atoms with Gasteiger partial charge in [-0.1, -0.05) is 239 Å². The molecule has 6 heteroatoms. The van der Waals surface area contributed by atoms with E-state index in [9.17, 15) is 14.4 Å². The summed E-state index contributed by atoms with van der Waals surface area (Å²) in [6.45, 7) is 6.46. The molecule has 0 saturated carbocycles. The van der Waals surface area contributed by atoms with Gasteiger partial charge in [0.05, 0.1) is 0 Å². The second-order valence-corrected chi connectivity index (χ2v) is 19.9. The number of ether oxygens (including phenoxy) is 3. The fourth-order valence-corrected chi connectivity index (χ4v) is 8.09. The lowest BCUT2D eigenvalue weighted by Crippen LogP contribution is -2.30. The zero-order valence-electron chi connectivity index (χ0n) is 48.1. The quantitative estimate of drug-likeness (QED) is 0.0261. The number of hydrogen-bond donors (Lipinski definition) is 0. The van der Waals surface area contributed by atoms with Gasteiger partial charge < -0.3 is 14.2 Å². The Balaban J connectivity index is 4.40. The molecule has 0 N–H and O–H groups in total. The molecular formula is C68H112O6. The van der Waals surface area contributed by atoms with E-state index in [0.29, 0.717) is 19.3 Å². The molecule has 6 nitrogen and oxygen atoms in total. The van der Waals surface area contributed by atoms with Crippen LogP contribution in [0.1, 0.15) is 271 Å². The van der Waals surface area contributed by atoms with Crippen molar-refractivity contribution in [2.24, 2.45) is 0 Å². The highest BCUT2D eigenvalue weighted by atomic mass is 16.6. The molecule has 0 amide bonds. The molecule has 1 atom stereocenters. The van der Waals surface area contributed by atoms with Crippen LogP contribution in [0.15, 0.2) is 122 Å². The Morgan fingerprint density at radius 2 is 0.527 bits per heavy atom. The van der Waals surface area contributed by atoms with Crippen molar-refractivity contribution in [1.82, 2.24) is 0 Å². The largest absolute Gasteiger partial charge is 0.462 e. The molecule has 0 bridgehead atoms. The van der Waals surface area contributed by atoms with Gasteiger partial charge in [-0.2, -0.15) is 0 Å². The average molecular weight is 1030 g/mol. The second-order valence-electron chi connectivity index (χ2n) is 19.9. The van der Waals surface area contributed by atoms with E-state index >= 15 is 0 Å². The molecule has 0 aliphatic heterocycles. The molecule has 0 aromatic rings. The maximum atomic E-state index is 12.9. The maximum absolute atomic E-state index is 12.9. The molecule has 420 valence electrons. The van der Waals surface area contributed by atoms with Crippen molar-refractivity contribution in [1.29, 1.82) is 0 Å². The van der Waals surface area contributed by atoms with Crippen molar-refractivity contribution >= 4 is 17.9 Å². The van der Waals surface area contributed by atoms with Crippen LogP contribution >= 0.6 is 0 Å². The van der Waals surface area contributed by atoms with Gasteiger partial charge in [0.25, 0.3) is 0 Å². The second kappa shape index (κ2) is 61.4. The predicted molar refractivity (Wildman–Crippen MR) is 320 cm³/mol. The third-order valence-electron chi connectivity index (χ3n) is 12.7. The molecule has 0 aliphatic rings. The Bertz CT molecular complexity index is 1550. The van der Waals surface area contributed by atoms with Crippen molar-refractivity contribution in [3.63, 3.8) is 0 Å². The first-order valence-electron chi connectivity index (χ1n) is 30.5. The Morgan fingerprint density at radius 3 is 0.838 bits per heavy atom. The average Bonchev–Trinajstić information content (AvgIpc) is 3.40. The zero-order chi connectivity index (χ0) is 53.6. The molecule has 0 rings (SSSR count). The van der Waals surface area contributed by atoms with Gasteiger partial charge in [-0.15, -0.1) is 0 Å². The number of unbranched alkanes of at least 4 members (excludes halogenated alkanes) is 23. The first-order valence-corrected chi connectivity index (χ1v) is 30.5. The first-order chi connectivity index (χ1) is 36.5. The molecule has 0 aromatic heterocycles. The summed E-state index contributed by atoms with van der Waals surface area (Å²) < 4.78 is 16.9. The van der Waals surface area contributed by atoms with Gasteiger partial charge in [0.1, 0.15) is 13.2 Å². The predicted octanol–water partition coefficient (Wildman–Crippen LogP) is 20.8. The summed E-state index contributed by atoms with van der Waals surface area (Å²) in [4.78, 5) is 38.2. The molecule has 0 saturated heterocycles. The van der Waals surface area contributed by atoms with Crippen LogP contribution in [-0.4, -0.2) is 37.2 Å². The van der Waals surface area contributed by atoms with Crippen molar-refractivity contribution in [2.75, 3.05) is 13.2 Å². The zero-order valence-corrected chi connectivity index (χ0v) is 48.1. The van der Waals surface area contributed by atoms with Crippen LogP contribution in [0.3, 0.4) is 0 Å². The minimum atomic E-state index is -0.801. The summed E-state index contributed by atoms with van der Waals surface area (Å²) in [5, 5.41) is 0. The summed E-state index contributed by atoms with van der Waals surface area (Å²) in [6.07, 6.45) is 84.7. The number of hydrogen-bond acceptors (Lipinski definition) is 6. The van der Waals surface area contributed by atoms with Gasteiger partial charge in [-0.05, 0) is 135 Å². The van der Waals surface area contributed by atoms with Crippen molar-refractivity contribution < 1.29 is 28.6 Å². The van der Waals surface area contributed by atoms with Gasteiger partial charge in [0.15, 0.2) is 6.10 Å². The molecule has 0 aliphatic carbocycles. The van der Waals surface area contributed by atoms with E-state index in [4.69, 9.17) is 14.2 Å². The molecule has 74 heavy (non-hydrogen) atoms. The van der Waals surface area contributed by atoms with E-state index in [-0.39, 0.29) is 31.1 Å². The van der Waals surface area contributed by atoms with Gasteiger partial charge in [0, 0.05) is 19.3 Å². The fraction of sp³-hybridized carbons (Fsp3) is 0.662. The Morgan fingerprint density at radius 1 is 0.284 bits per heavy atom. The molecular weight excluding hydrogens is 913 g/mol. The molecule has 0 radical (unpaired) electrons. The van der Waals surface area contributed by atoms with Crippen molar-refractivity contribution in [2.45, 2.75) is 277 Å². The topological polar surface area (TPSA) is 78.9 Å². The minimum absolute atomic E-state index is 0.0965. The van der Waals surface area contributed by atoms with E-state index in [2.05, 4.69) is 142 Å². The first kappa shape index (κ1) is 69.8. The van der Waals surface area contributed by atoms with Gasteiger partial charge in [-0.3, -0.25) is 14.4 Å². The third kappa shape index (κ3) is 58.7. The number of rotatable bonds is 54. The monoisotopic (exact) mass is 1020 g/mol. The minimum Gasteiger partial charge on any atom is -0.462 e. The molecule has 0 fully saturated rings. The fourth-order valence-electron chi connectivity index (χ4n) is 8.09. The number of allylic oxidation sites excluding steroid dienone is 20. The number of carbonyl (C=O) groups excluding carboxylic acids is 3. The van der Waals surface area contributed by atoms with Crippen LogP contribution in [0.4, 0.5) is 0 Å². The van der Waals surface area contributed by atoms with E-state index in [1.165, 1.54) is 70.6 Å². The van der Waals surface area contributed by atoms with Crippen LogP contribution in [0.25, 0.3) is 0 Å². The third-order valence-corrected chi connectivity index (χ3v) is 12.7. The van der Waals surface area contributed by atoms with Crippen LogP contribution in [0.5, 0.6) is 0 Å². The lowest BCUT2D eigenvalue weighted by Gasteiger charge is -2.18. The highest BCUT2D eigenvalue weighted by Gasteiger charge is 2.19. The summed E-state index contributed by atoms with van der Waals surface area (Å²) in [7, 11) is 0. The Kier molecular flexibility index (Phi) is 57.9. The van der Waals surface area contributed by atoms with Crippen LogP contribution < -0.4 is 0 Å². The highest BCUT2D eigenvalue weighted by molar-refractivity contribution is 5.71. The summed E-state index contributed by atoms with van der Waals surface area (Å²) in [5.74, 6) is -0.938. The van der Waals surface area contributed by atoms with E-state index in [1.807, 2.05) is 0 Å². The van der Waals surface area contributed by atoms with E-state index < -0.39 is 6.10 Å². The van der Waals surface area contributed by atoms with Gasteiger partial charge in [-0.25, -0.2) is 0 Å². The van der Waals surface area contributed by atoms with Crippen LogP contribution in [0.2, 0.25) is 0 Å². The SMILES string of the molecule is CC/C=C\C/C=C\C/C=C\C/C=C\C/C=C\C/C=C\C/C=C\CCCCCCCC(=O)OCC(COC(=O)CCCCCCC/C=C\CCCCCC)OC(=O)CCCCCCC/C=C\C/C=C\CCCCCC. The lowest BCUT2D eigenvalue weighted by molar-refractivity contribution is -0.167. The molecule has 1 unspecified atom stereocenters. The summed E-state index contributed by atoms with van der Waals surface area (Å²) in [5.41, 5.74) is 0. The Hall–Kier alpha value is -4.19. The Labute approximate surface area is 456 Å². The van der Waals surface area contributed by atoms with E-state index in [1.54, 1.807) is 0 Å². The van der Waals surface area contributed by atoms with Crippen LogP contribution in [0, 0.1) is 0 Å². The summed E-state index contributed by atoms with van der Waals surface area (Å²) >= 11 is 0. The van der Waals surface area contributed by atoms with Gasteiger partial charge in [0.2, 0.25) is 0 Å². The highest BCUT2D eigenvalue weighted by Crippen LogP contribution is 2.14. The normalized spacial score (nSPS) is 13.0. The molecule has 0 heterocycles. The van der Waals surface area contributed by atoms with Crippen LogP contribution in [-0.2, 0) is 28.6 Å². The number of esters is 3. The molecule has 0 aromatic carbocycles. The van der Waals surface area contributed by atoms with Crippen molar-refractivity contribution in [3.8, 4) is 0 Å². The standard InChI is InChI=1S/C68H112O6/c1-4-7-10-13-16-19-22-25-27-29-30-31-32-33-34-35-36-37-38-39-41-43-46-49-52-55-58-61-67(70)73-64-65(63-72-66(69)60-57-54-51-48-45-42-24-21-18-15-12-9-6-3)74-68(71)62-59-56-53-50-47-44-40-28-26-23-20-17-14-11-8-5-2/h7,10,16,19-21,23-25,27-28,30-31,33-34,36-37,39-41,65H,4-6,8-9,11-15,17-18,22,26,29,32,35,38,42-64H2,1-3H3/b10-7-,19-16-,23-20-,24-21-,27-25-,31-30-,34-33-,37-36-,40-28-,41-39-. The maximum Gasteiger partial charge on any atom is 0.306 e.